The number of carbonyl (C=O) groups is 3. The van der Waals surface area contributed by atoms with Gasteiger partial charge in [0, 0.05) is 12.1 Å². The molecule has 2 aliphatic rings. The zero-order valence-electron chi connectivity index (χ0n) is 23.9. The average molecular weight is 546 g/mol. The Morgan fingerprint density at radius 1 is 1.03 bits per heavy atom. The van der Waals surface area contributed by atoms with Crippen molar-refractivity contribution in [1.29, 1.82) is 0 Å². The van der Waals surface area contributed by atoms with Crippen molar-refractivity contribution >= 4 is 29.7 Å². The highest BCUT2D eigenvalue weighted by Gasteiger charge is 2.42. The Hall–Kier alpha value is -2.22. The van der Waals surface area contributed by atoms with Crippen LogP contribution >= 0.6 is 11.8 Å². The lowest BCUT2D eigenvalue weighted by molar-refractivity contribution is -0.147. The third-order valence-corrected chi connectivity index (χ3v) is 8.15. The second-order valence-corrected chi connectivity index (χ2v) is 12.6. The summed E-state index contributed by atoms with van der Waals surface area (Å²) in [6.07, 6.45) is 10.9. The van der Waals surface area contributed by atoms with Crippen LogP contribution < -0.4 is 10.6 Å². The highest BCUT2D eigenvalue weighted by molar-refractivity contribution is 7.98. The van der Waals surface area contributed by atoms with Crippen molar-refractivity contribution in [2.45, 2.75) is 122 Å². The Kier molecular flexibility index (Phi) is 11.4. The van der Waals surface area contributed by atoms with Crippen LogP contribution in [0, 0.1) is 0 Å². The minimum absolute atomic E-state index is 0.0346. The van der Waals surface area contributed by atoms with Gasteiger partial charge in [0.2, 0.25) is 11.8 Å². The number of thioether (sulfide) groups is 1. The molecule has 3 amide bonds. The van der Waals surface area contributed by atoms with Gasteiger partial charge in [-0.05, 0) is 88.9 Å². The van der Waals surface area contributed by atoms with E-state index in [-0.39, 0.29) is 23.9 Å². The van der Waals surface area contributed by atoms with E-state index in [0.29, 0.717) is 12.2 Å². The Balaban J connectivity index is 1.95. The second-order valence-electron chi connectivity index (χ2n) is 11.7. The van der Waals surface area contributed by atoms with Crippen LogP contribution in [0.3, 0.4) is 0 Å². The zero-order valence-corrected chi connectivity index (χ0v) is 24.7. The van der Waals surface area contributed by atoms with Crippen LogP contribution in [0.1, 0.15) is 103 Å². The molecule has 2 saturated carbocycles. The molecule has 1 aromatic carbocycles. The maximum atomic E-state index is 14.3. The quantitative estimate of drug-likeness (QED) is 0.369. The topological polar surface area (TPSA) is 87.7 Å². The molecule has 0 saturated heterocycles. The molecule has 2 fully saturated rings. The van der Waals surface area contributed by atoms with E-state index < -0.39 is 23.8 Å². The Morgan fingerprint density at radius 2 is 1.68 bits per heavy atom. The molecular formula is C30H47N3O4S. The number of ether oxygens (including phenoxy) is 1. The van der Waals surface area contributed by atoms with E-state index in [1.54, 1.807) is 37.4 Å². The number of alkyl carbamates (subject to hydrolysis) is 1. The summed E-state index contributed by atoms with van der Waals surface area (Å²) in [5, 5.41) is 6.13. The zero-order chi connectivity index (χ0) is 27.7. The standard InChI is InChI=1S/C30H47N3O4S/c1-6-21-15-17-22(18-16-21)26(27(34)31-23-11-8-7-9-12-23)33(24-13-10-14-24)28(35)25(19-20-38-5)32-29(36)37-30(2,3)4/h15-18,23-26H,6-14,19-20H2,1-5H3,(H,31,34)(H,32,36). The van der Waals surface area contributed by atoms with E-state index in [2.05, 4.69) is 17.6 Å². The fourth-order valence-electron chi connectivity index (χ4n) is 5.21. The third-order valence-electron chi connectivity index (χ3n) is 7.50. The van der Waals surface area contributed by atoms with Crippen LogP contribution in [0.2, 0.25) is 0 Å². The molecule has 2 unspecified atom stereocenters. The number of nitrogens with one attached hydrogen (secondary N) is 2. The number of aryl methyl sites for hydroxylation is 1. The fraction of sp³-hybridized carbons (Fsp3) is 0.700. The maximum absolute atomic E-state index is 14.3. The van der Waals surface area contributed by atoms with Crippen molar-refractivity contribution in [2.75, 3.05) is 12.0 Å². The fourth-order valence-corrected chi connectivity index (χ4v) is 5.68. The van der Waals surface area contributed by atoms with E-state index in [9.17, 15) is 14.4 Å². The van der Waals surface area contributed by atoms with Gasteiger partial charge in [-0.2, -0.15) is 11.8 Å². The van der Waals surface area contributed by atoms with E-state index in [1.165, 1.54) is 12.0 Å². The van der Waals surface area contributed by atoms with Gasteiger partial charge < -0.3 is 20.3 Å². The van der Waals surface area contributed by atoms with Gasteiger partial charge in [-0.25, -0.2) is 4.79 Å². The predicted octanol–water partition coefficient (Wildman–Crippen LogP) is 5.77. The second kappa shape index (κ2) is 14.2. The summed E-state index contributed by atoms with van der Waals surface area (Å²) >= 11 is 1.62. The Morgan fingerprint density at radius 3 is 2.21 bits per heavy atom. The van der Waals surface area contributed by atoms with Gasteiger partial charge >= 0.3 is 6.09 Å². The van der Waals surface area contributed by atoms with Crippen molar-refractivity contribution in [3.05, 3.63) is 35.4 Å². The van der Waals surface area contributed by atoms with Gasteiger partial charge in [-0.3, -0.25) is 9.59 Å². The molecule has 0 aliphatic heterocycles. The molecule has 2 aliphatic carbocycles. The summed E-state index contributed by atoms with van der Waals surface area (Å²) < 4.78 is 5.49. The first kappa shape index (κ1) is 30.3. The number of hydrogen-bond acceptors (Lipinski definition) is 5. The predicted molar refractivity (Wildman–Crippen MR) is 154 cm³/mol. The van der Waals surface area contributed by atoms with Crippen LogP contribution in [0.5, 0.6) is 0 Å². The van der Waals surface area contributed by atoms with Crippen LogP contribution in [-0.2, 0) is 20.7 Å². The summed E-state index contributed by atoms with van der Waals surface area (Å²) in [5.74, 6) is 0.370. The molecule has 1 aromatic rings. The van der Waals surface area contributed by atoms with Crippen LogP contribution in [0.25, 0.3) is 0 Å². The Labute approximate surface area is 233 Å². The van der Waals surface area contributed by atoms with Gasteiger partial charge in [0.1, 0.15) is 17.7 Å². The van der Waals surface area contributed by atoms with Crippen molar-refractivity contribution in [3.63, 3.8) is 0 Å². The number of benzene rings is 1. The van der Waals surface area contributed by atoms with E-state index in [0.717, 1.165) is 56.9 Å². The lowest BCUT2D eigenvalue weighted by Crippen LogP contribution is -2.58. The summed E-state index contributed by atoms with van der Waals surface area (Å²) in [5.41, 5.74) is 1.33. The molecule has 2 N–H and O–H groups in total. The van der Waals surface area contributed by atoms with Crippen LogP contribution in [0.4, 0.5) is 4.79 Å². The summed E-state index contributed by atoms with van der Waals surface area (Å²) in [6, 6.07) is 6.66. The Bertz CT molecular complexity index is 920. The van der Waals surface area contributed by atoms with Gasteiger partial charge in [0.25, 0.3) is 0 Å². The minimum atomic E-state index is -0.766. The highest BCUT2D eigenvalue weighted by atomic mass is 32.2. The molecule has 0 radical (unpaired) electrons. The van der Waals surface area contributed by atoms with Crippen molar-refractivity contribution in [3.8, 4) is 0 Å². The number of amides is 3. The van der Waals surface area contributed by atoms with E-state index in [1.807, 2.05) is 30.5 Å². The lowest BCUT2D eigenvalue weighted by Gasteiger charge is -2.44. The molecule has 0 heterocycles. The van der Waals surface area contributed by atoms with Crippen molar-refractivity contribution < 1.29 is 19.1 Å². The van der Waals surface area contributed by atoms with E-state index in [4.69, 9.17) is 4.74 Å². The van der Waals surface area contributed by atoms with Gasteiger partial charge in [0.05, 0.1) is 0 Å². The SMILES string of the molecule is CCc1ccc(C(C(=O)NC2CCCCC2)N(C(=O)C(CCSC)NC(=O)OC(C)(C)C)C2CCC2)cc1. The first-order chi connectivity index (χ1) is 18.1. The highest BCUT2D eigenvalue weighted by Crippen LogP contribution is 2.34. The largest absolute Gasteiger partial charge is 0.444 e. The van der Waals surface area contributed by atoms with Gasteiger partial charge in [-0.15, -0.1) is 0 Å². The molecule has 0 spiro atoms. The molecule has 0 bridgehead atoms. The molecule has 7 nitrogen and oxygen atoms in total. The summed E-state index contributed by atoms with van der Waals surface area (Å²) in [7, 11) is 0. The lowest BCUT2D eigenvalue weighted by atomic mass is 9.87. The average Bonchev–Trinajstić information content (AvgIpc) is 2.84. The molecule has 0 aromatic heterocycles. The van der Waals surface area contributed by atoms with E-state index >= 15 is 0 Å². The normalized spacial score (nSPS) is 18.1. The number of carbonyl (C=O) groups excluding carboxylic acids is 3. The smallest absolute Gasteiger partial charge is 0.408 e. The van der Waals surface area contributed by atoms with Gasteiger partial charge in [-0.1, -0.05) is 50.5 Å². The number of hydrogen-bond donors (Lipinski definition) is 2. The van der Waals surface area contributed by atoms with Crippen molar-refractivity contribution in [2.24, 2.45) is 0 Å². The minimum Gasteiger partial charge on any atom is -0.444 e. The monoisotopic (exact) mass is 545 g/mol. The summed E-state index contributed by atoms with van der Waals surface area (Å²) in [6.45, 7) is 7.51. The summed E-state index contributed by atoms with van der Waals surface area (Å²) in [4.78, 5) is 42.8. The first-order valence-corrected chi connectivity index (χ1v) is 15.7. The molecule has 3 rings (SSSR count). The van der Waals surface area contributed by atoms with Crippen molar-refractivity contribution in [1.82, 2.24) is 15.5 Å². The molecule has 212 valence electrons. The first-order valence-electron chi connectivity index (χ1n) is 14.3. The van der Waals surface area contributed by atoms with Gasteiger partial charge in [0.15, 0.2) is 0 Å². The number of nitrogens with zero attached hydrogens (tertiary/aromatic N) is 1. The maximum Gasteiger partial charge on any atom is 0.408 e. The van der Waals surface area contributed by atoms with Crippen LogP contribution in [0.15, 0.2) is 24.3 Å². The molecule has 8 heteroatoms. The molecule has 38 heavy (non-hydrogen) atoms. The third kappa shape index (κ3) is 8.65. The van der Waals surface area contributed by atoms with Crippen LogP contribution in [-0.4, -0.2) is 58.5 Å². The number of rotatable bonds is 11. The molecular weight excluding hydrogens is 498 g/mol. The molecule has 2 atom stereocenters.